The third-order valence-electron chi connectivity index (χ3n) is 3.07. The van der Waals surface area contributed by atoms with Gasteiger partial charge in [0.1, 0.15) is 5.82 Å². The first-order valence-corrected chi connectivity index (χ1v) is 6.95. The van der Waals surface area contributed by atoms with E-state index in [-0.39, 0.29) is 12.4 Å². The number of hydrogen-bond donors (Lipinski definition) is 1. The molecule has 0 aliphatic heterocycles. The van der Waals surface area contributed by atoms with Crippen LogP contribution in [0.15, 0.2) is 12.1 Å². The van der Waals surface area contributed by atoms with E-state index in [4.69, 9.17) is 0 Å². The van der Waals surface area contributed by atoms with Crippen LogP contribution < -0.4 is 5.32 Å². The quantitative estimate of drug-likeness (QED) is 0.891. The van der Waals surface area contributed by atoms with Crippen LogP contribution in [0.25, 0.3) is 0 Å². The molecule has 1 N–H and O–H groups in total. The second kappa shape index (κ2) is 7.33. The third kappa shape index (κ3) is 3.76. The van der Waals surface area contributed by atoms with Gasteiger partial charge in [-0.2, -0.15) is 10.2 Å². The zero-order chi connectivity index (χ0) is 13.8. The SMILES string of the molecule is CCCn1nc(C)cc1CNc1cc(C)nn1CC.Cl. The Morgan fingerprint density at radius 3 is 2.35 bits per heavy atom. The van der Waals surface area contributed by atoms with Crippen molar-refractivity contribution in [3.8, 4) is 0 Å². The van der Waals surface area contributed by atoms with Crippen LogP contribution in [0.4, 0.5) is 5.82 Å². The van der Waals surface area contributed by atoms with Crippen molar-refractivity contribution in [3.05, 3.63) is 29.2 Å². The minimum absolute atomic E-state index is 0. The summed E-state index contributed by atoms with van der Waals surface area (Å²) in [6.07, 6.45) is 1.10. The molecule has 2 aromatic heterocycles. The van der Waals surface area contributed by atoms with Crippen molar-refractivity contribution in [1.82, 2.24) is 19.6 Å². The van der Waals surface area contributed by atoms with Gasteiger partial charge in [-0.25, -0.2) is 4.68 Å². The summed E-state index contributed by atoms with van der Waals surface area (Å²) in [5.74, 6) is 1.07. The zero-order valence-electron chi connectivity index (χ0n) is 12.7. The predicted molar refractivity (Wildman–Crippen MR) is 84.5 cm³/mol. The molecule has 0 aliphatic rings. The third-order valence-corrected chi connectivity index (χ3v) is 3.07. The highest BCUT2D eigenvalue weighted by Crippen LogP contribution is 2.12. The molecule has 2 rings (SSSR count). The van der Waals surface area contributed by atoms with E-state index in [0.717, 1.165) is 43.3 Å². The van der Waals surface area contributed by atoms with Gasteiger partial charge >= 0.3 is 0 Å². The lowest BCUT2D eigenvalue weighted by molar-refractivity contribution is 0.573. The highest BCUT2D eigenvalue weighted by molar-refractivity contribution is 5.85. The van der Waals surface area contributed by atoms with Crippen LogP contribution >= 0.6 is 12.4 Å². The van der Waals surface area contributed by atoms with E-state index in [9.17, 15) is 0 Å². The van der Waals surface area contributed by atoms with E-state index in [2.05, 4.69) is 46.2 Å². The molecule has 0 spiro atoms. The van der Waals surface area contributed by atoms with Crippen LogP contribution in [0.3, 0.4) is 0 Å². The summed E-state index contributed by atoms with van der Waals surface area (Å²) >= 11 is 0. The number of nitrogens with zero attached hydrogens (tertiary/aromatic N) is 4. The smallest absolute Gasteiger partial charge is 0.124 e. The second-order valence-electron chi connectivity index (χ2n) is 4.84. The molecular weight excluding hydrogens is 274 g/mol. The lowest BCUT2D eigenvalue weighted by Crippen LogP contribution is -2.11. The van der Waals surface area contributed by atoms with Gasteiger partial charge in [-0.1, -0.05) is 6.92 Å². The van der Waals surface area contributed by atoms with Crippen LogP contribution in [-0.4, -0.2) is 19.6 Å². The predicted octanol–water partition coefficient (Wildman–Crippen LogP) is 3.16. The van der Waals surface area contributed by atoms with Crippen molar-refractivity contribution < 1.29 is 0 Å². The van der Waals surface area contributed by atoms with Crippen LogP contribution in [0.5, 0.6) is 0 Å². The fourth-order valence-electron chi connectivity index (χ4n) is 2.26. The van der Waals surface area contributed by atoms with Gasteiger partial charge in [-0.15, -0.1) is 12.4 Å². The molecule has 0 radical (unpaired) electrons. The summed E-state index contributed by atoms with van der Waals surface area (Å²) in [4.78, 5) is 0. The Kier molecular flexibility index (Phi) is 6.07. The van der Waals surface area contributed by atoms with E-state index < -0.39 is 0 Å². The van der Waals surface area contributed by atoms with Crippen molar-refractivity contribution in [2.45, 2.75) is 53.8 Å². The zero-order valence-corrected chi connectivity index (χ0v) is 13.5. The number of halogens is 1. The Hall–Kier alpha value is -1.49. The maximum atomic E-state index is 4.51. The first-order chi connectivity index (χ1) is 9.13. The first-order valence-electron chi connectivity index (χ1n) is 6.95. The van der Waals surface area contributed by atoms with Crippen molar-refractivity contribution in [2.75, 3.05) is 5.32 Å². The van der Waals surface area contributed by atoms with Gasteiger partial charge in [0, 0.05) is 19.2 Å². The molecule has 5 nitrogen and oxygen atoms in total. The van der Waals surface area contributed by atoms with Gasteiger partial charge in [0.15, 0.2) is 0 Å². The monoisotopic (exact) mass is 297 g/mol. The van der Waals surface area contributed by atoms with Gasteiger partial charge in [0.2, 0.25) is 0 Å². The molecule has 0 bridgehead atoms. The van der Waals surface area contributed by atoms with E-state index in [0.29, 0.717) is 0 Å². The van der Waals surface area contributed by atoms with Gasteiger partial charge in [0.25, 0.3) is 0 Å². The lowest BCUT2D eigenvalue weighted by atomic mass is 10.3. The molecule has 0 atom stereocenters. The number of aromatic nitrogens is 4. The molecule has 112 valence electrons. The maximum absolute atomic E-state index is 4.51. The molecule has 0 saturated heterocycles. The minimum atomic E-state index is 0. The highest BCUT2D eigenvalue weighted by atomic mass is 35.5. The Labute approximate surface area is 126 Å². The van der Waals surface area contributed by atoms with Crippen LogP contribution in [0, 0.1) is 13.8 Å². The highest BCUT2D eigenvalue weighted by Gasteiger charge is 2.07. The number of nitrogens with one attached hydrogen (secondary N) is 1. The van der Waals surface area contributed by atoms with E-state index in [1.807, 2.05) is 18.5 Å². The fraction of sp³-hybridized carbons (Fsp3) is 0.571. The average Bonchev–Trinajstić information content (AvgIpc) is 2.90. The summed E-state index contributed by atoms with van der Waals surface area (Å²) in [5.41, 5.74) is 3.34. The Morgan fingerprint density at radius 2 is 1.70 bits per heavy atom. The topological polar surface area (TPSA) is 47.7 Å². The summed E-state index contributed by atoms with van der Waals surface area (Å²) in [6, 6.07) is 4.22. The number of hydrogen-bond acceptors (Lipinski definition) is 3. The molecular formula is C14H24ClN5. The van der Waals surface area contributed by atoms with Gasteiger partial charge in [-0.3, -0.25) is 4.68 Å². The van der Waals surface area contributed by atoms with E-state index >= 15 is 0 Å². The molecule has 0 fully saturated rings. The van der Waals surface area contributed by atoms with Crippen LogP contribution in [-0.2, 0) is 19.6 Å². The molecule has 0 saturated carbocycles. The first kappa shape index (κ1) is 16.6. The summed E-state index contributed by atoms with van der Waals surface area (Å²) in [6.45, 7) is 11.0. The standard InChI is InChI=1S/C14H23N5.ClH/c1-5-7-19-13(8-11(3)17-19)10-15-14-9-12(4)16-18(14)6-2;/h8-9,15H,5-7,10H2,1-4H3;1H. The molecule has 6 heteroatoms. The average molecular weight is 298 g/mol. The van der Waals surface area contributed by atoms with E-state index in [1.165, 1.54) is 5.69 Å². The summed E-state index contributed by atoms with van der Waals surface area (Å²) in [7, 11) is 0. The van der Waals surface area contributed by atoms with Crippen LogP contribution in [0.1, 0.15) is 37.4 Å². The molecule has 20 heavy (non-hydrogen) atoms. The maximum Gasteiger partial charge on any atom is 0.124 e. The van der Waals surface area contributed by atoms with E-state index in [1.54, 1.807) is 0 Å². The molecule has 0 aromatic carbocycles. The van der Waals surface area contributed by atoms with Crippen LogP contribution in [0.2, 0.25) is 0 Å². The van der Waals surface area contributed by atoms with Gasteiger partial charge in [0.05, 0.1) is 23.6 Å². The molecule has 0 unspecified atom stereocenters. The molecule has 0 amide bonds. The van der Waals surface area contributed by atoms with Crippen molar-refractivity contribution in [3.63, 3.8) is 0 Å². The Bertz CT molecular complexity index is 544. The Balaban J connectivity index is 0.00000200. The minimum Gasteiger partial charge on any atom is -0.365 e. The number of aryl methyl sites for hydroxylation is 4. The Morgan fingerprint density at radius 1 is 1.05 bits per heavy atom. The van der Waals surface area contributed by atoms with Gasteiger partial charge in [-0.05, 0) is 33.3 Å². The molecule has 2 aromatic rings. The summed E-state index contributed by atoms with van der Waals surface area (Å²) in [5, 5.41) is 12.4. The lowest BCUT2D eigenvalue weighted by Gasteiger charge is -2.09. The molecule has 0 aliphatic carbocycles. The van der Waals surface area contributed by atoms with Crippen molar-refractivity contribution in [1.29, 1.82) is 0 Å². The number of rotatable bonds is 6. The number of anilines is 1. The van der Waals surface area contributed by atoms with Gasteiger partial charge < -0.3 is 5.32 Å². The second-order valence-corrected chi connectivity index (χ2v) is 4.84. The molecule has 2 heterocycles. The summed E-state index contributed by atoms with van der Waals surface area (Å²) < 4.78 is 4.07. The fourth-order valence-corrected chi connectivity index (χ4v) is 2.26. The normalized spacial score (nSPS) is 10.4. The largest absolute Gasteiger partial charge is 0.365 e. The van der Waals surface area contributed by atoms with Crippen molar-refractivity contribution in [2.24, 2.45) is 0 Å². The van der Waals surface area contributed by atoms with Crippen molar-refractivity contribution >= 4 is 18.2 Å².